The van der Waals surface area contributed by atoms with Gasteiger partial charge in [-0.1, -0.05) is 41.0 Å². The SMILES string of the molecule is CCC[C@H](CO)n1cc(C)c2nc(-c3ccc(C(C)C)nc3CC)c(CC)cc21. The van der Waals surface area contributed by atoms with Gasteiger partial charge in [0.25, 0.3) is 0 Å². The topological polar surface area (TPSA) is 50.9 Å². The third-order valence-electron chi connectivity index (χ3n) is 5.85. The number of hydrogen-bond donors (Lipinski definition) is 1. The lowest BCUT2D eigenvalue weighted by atomic mass is 9.98. The molecule has 1 N–H and O–H groups in total. The van der Waals surface area contributed by atoms with Crippen LogP contribution in [0.15, 0.2) is 24.4 Å². The average Bonchev–Trinajstić information content (AvgIpc) is 3.05. The van der Waals surface area contributed by atoms with Crippen molar-refractivity contribution in [3.05, 3.63) is 46.9 Å². The fourth-order valence-corrected chi connectivity index (χ4v) is 4.15. The summed E-state index contributed by atoms with van der Waals surface area (Å²) in [4.78, 5) is 10.1. The molecule has 3 aromatic heterocycles. The average molecular weight is 394 g/mol. The Balaban J connectivity index is 2.21. The summed E-state index contributed by atoms with van der Waals surface area (Å²) in [6, 6.07) is 6.73. The van der Waals surface area contributed by atoms with Gasteiger partial charge in [-0.15, -0.1) is 0 Å². The Kier molecular flexibility index (Phi) is 6.74. The summed E-state index contributed by atoms with van der Waals surface area (Å²) in [7, 11) is 0. The molecule has 0 amide bonds. The van der Waals surface area contributed by atoms with Gasteiger partial charge < -0.3 is 9.67 Å². The van der Waals surface area contributed by atoms with Gasteiger partial charge in [-0.25, -0.2) is 4.98 Å². The molecule has 1 atom stereocenters. The summed E-state index contributed by atoms with van der Waals surface area (Å²) in [5.74, 6) is 0.417. The van der Waals surface area contributed by atoms with E-state index in [2.05, 4.69) is 70.5 Å². The number of aryl methyl sites for hydroxylation is 3. The molecule has 0 aliphatic heterocycles. The molecule has 4 nitrogen and oxygen atoms in total. The number of rotatable bonds is 8. The van der Waals surface area contributed by atoms with Crippen molar-refractivity contribution < 1.29 is 5.11 Å². The van der Waals surface area contributed by atoms with Crippen molar-refractivity contribution in [2.24, 2.45) is 0 Å². The van der Waals surface area contributed by atoms with Crippen molar-refractivity contribution >= 4 is 11.0 Å². The van der Waals surface area contributed by atoms with Crippen molar-refractivity contribution in [3.63, 3.8) is 0 Å². The molecular weight excluding hydrogens is 358 g/mol. The summed E-state index contributed by atoms with van der Waals surface area (Å²) < 4.78 is 2.23. The summed E-state index contributed by atoms with van der Waals surface area (Å²) in [5.41, 5.74) is 9.00. The maximum absolute atomic E-state index is 9.93. The van der Waals surface area contributed by atoms with Crippen molar-refractivity contribution in [1.82, 2.24) is 14.5 Å². The minimum atomic E-state index is 0.103. The Morgan fingerprint density at radius 3 is 2.41 bits per heavy atom. The Hall–Kier alpha value is -2.20. The van der Waals surface area contributed by atoms with Crippen LogP contribution in [0.3, 0.4) is 0 Å². The Labute approximate surface area is 175 Å². The monoisotopic (exact) mass is 393 g/mol. The third kappa shape index (κ3) is 4.09. The van der Waals surface area contributed by atoms with E-state index in [0.29, 0.717) is 5.92 Å². The van der Waals surface area contributed by atoms with Gasteiger partial charge in [-0.05, 0) is 61.4 Å². The van der Waals surface area contributed by atoms with E-state index in [9.17, 15) is 5.11 Å². The lowest BCUT2D eigenvalue weighted by molar-refractivity contribution is 0.223. The summed E-state index contributed by atoms with van der Waals surface area (Å²) in [6.45, 7) is 13.1. The van der Waals surface area contributed by atoms with Gasteiger partial charge in [0.05, 0.1) is 29.4 Å². The van der Waals surface area contributed by atoms with Gasteiger partial charge >= 0.3 is 0 Å². The van der Waals surface area contributed by atoms with Gasteiger partial charge in [0, 0.05) is 23.1 Å². The number of aromatic nitrogens is 3. The van der Waals surface area contributed by atoms with Gasteiger partial charge in [-0.3, -0.25) is 4.98 Å². The summed E-state index contributed by atoms with van der Waals surface area (Å²) in [6.07, 6.45) is 5.96. The molecule has 4 heteroatoms. The molecule has 29 heavy (non-hydrogen) atoms. The lowest BCUT2D eigenvalue weighted by Crippen LogP contribution is -2.12. The van der Waals surface area contributed by atoms with Gasteiger partial charge in [-0.2, -0.15) is 0 Å². The van der Waals surface area contributed by atoms with Crippen molar-refractivity contribution in [1.29, 1.82) is 0 Å². The van der Waals surface area contributed by atoms with Crippen LogP contribution in [0.1, 0.15) is 81.9 Å². The largest absolute Gasteiger partial charge is 0.394 e. The molecule has 0 saturated heterocycles. The van der Waals surface area contributed by atoms with Crippen LogP contribution >= 0.6 is 0 Å². The molecule has 156 valence electrons. The molecule has 0 fully saturated rings. The number of fused-ring (bicyclic) bond motifs is 1. The second-order valence-corrected chi connectivity index (χ2v) is 8.30. The summed E-state index contributed by atoms with van der Waals surface area (Å²) >= 11 is 0. The molecule has 0 aromatic carbocycles. The van der Waals surface area contributed by atoms with Crippen LogP contribution in [0, 0.1) is 6.92 Å². The van der Waals surface area contributed by atoms with E-state index in [-0.39, 0.29) is 12.6 Å². The fourth-order valence-electron chi connectivity index (χ4n) is 4.15. The number of aliphatic hydroxyl groups is 1. The Morgan fingerprint density at radius 1 is 1.07 bits per heavy atom. The molecular formula is C25H35N3O. The van der Waals surface area contributed by atoms with Gasteiger partial charge in [0.1, 0.15) is 0 Å². The molecule has 0 radical (unpaired) electrons. The lowest BCUT2D eigenvalue weighted by Gasteiger charge is -2.18. The highest BCUT2D eigenvalue weighted by Gasteiger charge is 2.19. The smallest absolute Gasteiger partial charge is 0.0917 e. The normalized spacial score (nSPS) is 12.8. The molecule has 0 saturated carbocycles. The van der Waals surface area contributed by atoms with Crippen LogP contribution in [0.25, 0.3) is 22.3 Å². The predicted octanol–water partition coefficient (Wildman–Crippen LogP) is 5.99. The van der Waals surface area contributed by atoms with E-state index < -0.39 is 0 Å². The quantitative estimate of drug-likeness (QED) is 0.511. The Bertz CT molecular complexity index is 987. The highest BCUT2D eigenvalue weighted by Crippen LogP contribution is 2.33. The number of aliphatic hydroxyl groups excluding tert-OH is 1. The molecule has 0 spiro atoms. The maximum atomic E-state index is 9.93. The van der Waals surface area contributed by atoms with Crippen LogP contribution in [0.4, 0.5) is 0 Å². The van der Waals surface area contributed by atoms with Gasteiger partial charge in [0.15, 0.2) is 0 Å². The second-order valence-electron chi connectivity index (χ2n) is 8.30. The first-order valence-corrected chi connectivity index (χ1v) is 11.1. The maximum Gasteiger partial charge on any atom is 0.0917 e. The van der Waals surface area contributed by atoms with Crippen LogP contribution < -0.4 is 0 Å². The zero-order chi connectivity index (χ0) is 21.1. The second kappa shape index (κ2) is 9.08. The third-order valence-corrected chi connectivity index (χ3v) is 5.85. The number of nitrogens with zero attached hydrogens (tertiary/aromatic N) is 3. The molecule has 0 bridgehead atoms. The van der Waals surface area contributed by atoms with Crippen LogP contribution in [0.2, 0.25) is 0 Å². The first-order chi connectivity index (χ1) is 13.9. The van der Waals surface area contributed by atoms with E-state index in [4.69, 9.17) is 9.97 Å². The number of pyridine rings is 2. The summed E-state index contributed by atoms with van der Waals surface area (Å²) in [5, 5.41) is 9.93. The van der Waals surface area contributed by atoms with Crippen molar-refractivity contribution in [2.75, 3.05) is 6.61 Å². The van der Waals surface area contributed by atoms with E-state index in [1.807, 2.05) is 0 Å². The van der Waals surface area contributed by atoms with E-state index in [1.54, 1.807) is 0 Å². The molecule has 3 rings (SSSR count). The van der Waals surface area contributed by atoms with E-state index >= 15 is 0 Å². The van der Waals surface area contributed by atoms with E-state index in [1.165, 1.54) is 5.56 Å². The minimum absolute atomic E-state index is 0.103. The van der Waals surface area contributed by atoms with Crippen molar-refractivity contribution in [3.8, 4) is 11.3 Å². The molecule has 0 unspecified atom stereocenters. The van der Waals surface area contributed by atoms with Crippen LogP contribution in [-0.4, -0.2) is 26.2 Å². The number of hydrogen-bond acceptors (Lipinski definition) is 3. The molecule has 3 aromatic rings. The standard InChI is InChI=1S/C25H35N3O/c1-7-10-19(15-29)28-14-17(6)24-23(28)13-18(8-2)25(27-24)20-11-12-22(16(4)5)26-21(20)9-3/h11-14,16,19,29H,7-10,15H2,1-6H3/t19-/m1/s1. The first kappa shape index (κ1) is 21.5. The molecule has 3 heterocycles. The highest BCUT2D eigenvalue weighted by atomic mass is 16.3. The predicted molar refractivity (Wildman–Crippen MR) is 122 cm³/mol. The van der Waals surface area contributed by atoms with E-state index in [0.717, 1.165) is 64.9 Å². The fraction of sp³-hybridized carbons (Fsp3) is 0.520. The van der Waals surface area contributed by atoms with Gasteiger partial charge in [0.2, 0.25) is 0 Å². The molecule has 0 aliphatic carbocycles. The molecule has 0 aliphatic rings. The zero-order valence-corrected chi connectivity index (χ0v) is 18.8. The minimum Gasteiger partial charge on any atom is -0.394 e. The van der Waals surface area contributed by atoms with Crippen LogP contribution in [0.5, 0.6) is 0 Å². The highest BCUT2D eigenvalue weighted by molar-refractivity contribution is 5.84. The van der Waals surface area contributed by atoms with Crippen molar-refractivity contribution in [2.45, 2.75) is 79.2 Å². The van der Waals surface area contributed by atoms with Crippen LogP contribution in [-0.2, 0) is 12.8 Å². The zero-order valence-electron chi connectivity index (χ0n) is 18.8. The first-order valence-electron chi connectivity index (χ1n) is 11.1. The Morgan fingerprint density at radius 2 is 1.83 bits per heavy atom.